The highest BCUT2D eigenvalue weighted by molar-refractivity contribution is 5.78. The molecule has 3 aromatic rings. The van der Waals surface area contributed by atoms with Gasteiger partial charge in [0.1, 0.15) is 17.2 Å². The summed E-state index contributed by atoms with van der Waals surface area (Å²) in [5, 5.41) is 3.96. The summed E-state index contributed by atoms with van der Waals surface area (Å²) >= 11 is 0. The van der Waals surface area contributed by atoms with Gasteiger partial charge in [0.25, 0.3) is 0 Å². The summed E-state index contributed by atoms with van der Waals surface area (Å²) in [7, 11) is 0. The number of halogens is 3. The van der Waals surface area contributed by atoms with Crippen LogP contribution in [-0.4, -0.2) is 17.8 Å². The van der Waals surface area contributed by atoms with Gasteiger partial charge in [0, 0.05) is 12.5 Å². The zero-order valence-corrected chi connectivity index (χ0v) is 20.2. The Morgan fingerprint density at radius 3 is 1.86 bits per heavy atom. The van der Waals surface area contributed by atoms with Crippen LogP contribution in [-0.2, 0) is 26.3 Å². The van der Waals surface area contributed by atoms with E-state index >= 15 is 0 Å². The van der Waals surface area contributed by atoms with Gasteiger partial charge in [0.05, 0.1) is 11.3 Å². The molecule has 1 unspecified atom stereocenters. The lowest BCUT2D eigenvalue weighted by Crippen LogP contribution is -2.37. The Hall–Kier alpha value is -4.01. The van der Waals surface area contributed by atoms with Crippen molar-refractivity contribution >= 4 is 11.7 Å². The third-order valence-corrected chi connectivity index (χ3v) is 4.88. The van der Waals surface area contributed by atoms with Crippen LogP contribution in [0.15, 0.2) is 84.0 Å². The standard InChI is InChI=1S/C27H26F3NO5/c1-18(2)31-36-26(4,20-8-6-5-7-9-20)35-25(32)19(3)33-22-14-16-24(17-15-22)34-23-12-10-21(11-13-23)27(28,29)30/h5-17,19H,1-4H3/t19-,26?/m1/s1. The molecule has 0 heterocycles. The summed E-state index contributed by atoms with van der Waals surface area (Å²) in [6, 6.07) is 19.6. The smallest absolute Gasteiger partial charge is 0.416 e. The van der Waals surface area contributed by atoms with Crippen molar-refractivity contribution in [3.8, 4) is 17.2 Å². The molecular weight excluding hydrogens is 475 g/mol. The van der Waals surface area contributed by atoms with Crippen molar-refractivity contribution in [3.63, 3.8) is 0 Å². The van der Waals surface area contributed by atoms with E-state index in [1.165, 1.54) is 19.1 Å². The minimum absolute atomic E-state index is 0.249. The van der Waals surface area contributed by atoms with Crippen LogP contribution in [0, 0.1) is 0 Å². The lowest BCUT2D eigenvalue weighted by atomic mass is 10.1. The average Bonchev–Trinajstić information content (AvgIpc) is 2.84. The number of alkyl halides is 3. The number of nitrogens with zero attached hydrogens (tertiary/aromatic N) is 1. The third-order valence-electron chi connectivity index (χ3n) is 4.88. The summed E-state index contributed by atoms with van der Waals surface area (Å²) in [6.07, 6.45) is -5.40. The van der Waals surface area contributed by atoms with E-state index in [0.29, 0.717) is 22.8 Å². The maximum atomic E-state index is 12.8. The molecule has 0 spiro atoms. The number of hydrogen-bond acceptors (Lipinski definition) is 6. The number of ether oxygens (including phenoxy) is 3. The van der Waals surface area contributed by atoms with E-state index in [1.807, 2.05) is 6.07 Å². The van der Waals surface area contributed by atoms with E-state index < -0.39 is 29.6 Å². The second kappa shape index (κ2) is 11.2. The van der Waals surface area contributed by atoms with Crippen molar-refractivity contribution in [2.75, 3.05) is 0 Å². The molecule has 2 atom stereocenters. The molecule has 0 aromatic heterocycles. The summed E-state index contributed by atoms with van der Waals surface area (Å²) in [4.78, 5) is 18.4. The van der Waals surface area contributed by atoms with E-state index in [-0.39, 0.29) is 5.75 Å². The Morgan fingerprint density at radius 1 is 0.806 bits per heavy atom. The van der Waals surface area contributed by atoms with Crippen LogP contribution < -0.4 is 9.47 Å². The van der Waals surface area contributed by atoms with Gasteiger partial charge in [0.15, 0.2) is 6.10 Å². The largest absolute Gasteiger partial charge is 0.479 e. The lowest BCUT2D eigenvalue weighted by Gasteiger charge is -2.28. The fourth-order valence-corrected chi connectivity index (χ4v) is 3.01. The van der Waals surface area contributed by atoms with E-state index in [0.717, 1.165) is 12.1 Å². The molecule has 6 nitrogen and oxygen atoms in total. The van der Waals surface area contributed by atoms with Gasteiger partial charge in [-0.1, -0.05) is 35.5 Å². The second-order valence-corrected chi connectivity index (χ2v) is 8.22. The molecule has 0 amide bonds. The number of carbonyl (C=O) groups is 1. The number of oxime groups is 1. The van der Waals surface area contributed by atoms with Crippen molar-refractivity contribution in [3.05, 3.63) is 90.0 Å². The van der Waals surface area contributed by atoms with Crippen LogP contribution in [0.4, 0.5) is 13.2 Å². The molecule has 3 rings (SSSR count). The van der Waals surface area contributed by atoms with Gasteiger partial charge in [-0.2, -0.15) is 13.2 Å². The normalized spacial score (nSPS) is 13.6. The Balaban J connectivity index is 1.63. The Labute approximate surface area is 207 Å². The van der Waals surface area contributed by atoms with Gasteiger partial charge in [-0.15, -0.1) is 0 Å². The molecule has 0 N–H and O–H groups in total. The van der Waals surface area contributed by atoms with Crippen LogP contribution in [0.2, 0.25) is 0 Å². The Bertz CT molecular complexity index is 1170. The molecule has 36 heavy (non-hydrogen) atoms. The van der Waals surface area contributed by atoms with Crippen molar-refractivity contribution in [1.82, 2.24) is 0 Å². The summed E-state index contributed by atoms with van der Waals surface area (Å²) in [5.74, 6) is -1.14. The van der Waals surface area contributed by atoms with Gasteiger partial charge in [0.2, 0.25) is 0 Å². The first-order chi connectivity index (χ1) is 17.0. The van der Waals surface area contributed by atoms with E-state index in [1.54, 1.807) is 69.3 Å². The predicted octanol–water partition coefficient (Wildman–Crippen LogP) is 7.09. The van der Waals surface area contributed by atoms with E-state index in [4.69, 9.17) is 19.0 Å². The van der Waals surface area contributed by atoms with E-state index in [2.05, 4.69) is 5.16 Å². The minimum Gasteiger partial charge on any atom is -0.479 e. The highest BCUT2D eigenvalue weighted by Gasteiger charge is 2.36. The Morgan fingerprint density at radius 2 is 1.33 bits per heavy atom. The minimum atomic E-state index is -4.41. The molecule has 0 saturated heterocycles. The molecule has 0 aliphatic heterocycles. The molecule has 0 bridgehead atoms. The fourth-order valence-electron chi connectivity index (χ4n) is 3.01. The topological polar surface area (TPSA) is 66.4 Å². The first-order valence-electron chi connectivity index (χ1n) is 11.1. The zero-order chi connectivity index (χ0) is 26.3. The first-order valence-corrected chi connectivity index (χ1v) is 11.1. The number of hydrogen-bond donors (Lipinski definition) is 0. The Kier molecular flexibility index (Phi) is 8.24. The van der Waals surface area contributed by atoms with Crippen molar-refractivity contribution < 1.29 is 37.0 Å². The zero-order valence-electron chi connectivity index (χ0n) is 20.2. The number of benzene rings is 3. The van der Waals surface area contributed by atoms with Gasteiger partial charge in [-0.3, -0.25) is 0 Å². The SMILES string of the molecule is CC(C)=NOC(C)(OC(=O)[C@@H](C)Oc1ccc(Oc2ccc(C(F)(F)F)cc2)cc1)c1ccccc1. The van der Waals surface area contributed by atoms with Crippen LogP contribution in [0.5, 0.6) is 17.2 Å². The van der Waals surface area contributed by atoms with Crippen molar-refractivity contribution in [2.24, 2.45) is 5.16 Å². The van der Waals surface area contributed by atoms with Crippen LogP contribution in [0.1, 0.15) is 38.8 Å². The van der Waals surface area contributed by atoms with E-state index in [9.17, 15) is 18.0 Å². The maximum Gasteiger partial charge on any atom is 0.416 e. The third kappa shape index (κ3) is 7.24. The molecule has 3 aromatic carbocycles. The fraction of sp³-hybridized carbons (Fsp3) is 0.259. The number of rotatable bonds is 9. The lowest BCUT2D eigenvalue weighted by molar-refractivity contribution is -0.235. The monoisotopic (exact) mass is 501 g/mol. The average molecular weight is 502 g/mol. The van der Waals surface area contributed by atoms with Gasteiger partial charge in [-0.25, -0.2) is 4.79 Å². The number of esters is 1. The van der Waals surface area contributed by atoms with Crippen molar-refractivity contribution in [2.45, 2.75) is 45.8 Å². The number of carbonyl (C=O) groups excluding carboxylic acids is 1. The van der Waals surface area contributed by atoms with Crippen LogP contribution >= 0.6 is 0 Å². The quantitative estimate of drug-likeness (QED) is 0.136. The van der Waals surface area contributed by atoms with Crippen molar-refractivity contribution in [1.29, 1.82) is 0 Å². The molecular formula is C27H26F3NO5. The van der Waals surface area contributed by atoms with Crippen LogP contribution in [0.25, 0.3) is 0 Å². The first kappa shape index (κ1) is 26.6. The molecule has 0 fully saturated rings. The summed E-state index contributed by atoms with van der Waals surface area (Å²) in [6.45, 7) is 6.63. The molecule has 0 aliphatic carbocycles. The predicted molar refractivity (Wildman–Crippen MR) is 128 cm³/mol. The highest BCUT2D eigenvalue weighted by atomic mass is 19.4. The molecule has 0 radical (unpaired) electrons. The van der Waals surface area contributed by atoms with Gasteiger partial charge in [-0.05, 0) is 69.3 Å². The van der Waals surface area contributed by atoms with Crippen LogP contribution in [0.3, 0.4) is 0 Å². The summed E-state index contributed by atoms with van der Waals surface area (Å²) < 4.78 is 55.0. The maximum absolute atomic E-state index is 12.8. The molecule has 0 saturated carbocycles. The van der Waals surface area contributed by atoms with Gasteiger partial charge < -0.3 is 19.0 Å². The molecule has 190 valence electrons. The van der Waals surface area contributed by atoms with Gasteiger partial charge >= 0.3 is 17.9 Å². The highest BCUT2D eigenvalue weighted by Crippen LogP contribution is 2.32. The molecule has 9 heteroatoms. The summed E-state index contributed by atoms with van der Waals surface area (Å²) in [5.41, 5.74) is 0.487. The second-order valence-electron chi connectivity index (χ2n) is 8.22. The molecule has 0 aliphatic rings.